The fraction of sp³-hybridized carbons (Fsp3) is 0.588. The van der Waals surface area contributed by atoms with Gasteiger partial charge in [-0.05, 0) is 63.9 Å². The van der Waals surface area contributed by atoms with E-state index in [0.717, 1.165) is 32.4 Å². The van der Waals surface area contributed by atoms with Crippen LogP contribution in [0.2, 0.25) is 0 Å². The Morgan fingerprint density at radius 3 is 2.50 bits per heavy atom. The molecule has 3 rings (SSSR count). The molecule has 0 aromatic heterocycles. The Morgan fingerprint density at radius 1 is 1.17 bits per heavy atom. The van der Waals surface area contributed by atoms with Crippen LogP contribution < -0.4 is 10.0 Å². The molecule has 2 N–H and O–H groups in total. The van der Waals surface area contributed by atoms with Gasteiger partial charge in [-0.25, -0.2) is 13.1 Å². The molecule has 0 saturated carbocycles. The summed E-state index contributed by atoms with van der Waals surface area (Å²) in [6.45, 7) is 5.34. The Labute approximate surface area is 143 Å². The lowest BCUT2D eigenvalue weighted by atomic mass is 10.1. The summed E-state index contributed by atoms with van der Waals surface area (Å²) in [5.74, 6) is 0.00645. The van der Waals surface area contributed by atoms with E-state index in [0.29, 0.717) is 11.6 Å². The van der Waals surface area contributed by atoms with Gasteiger partial charge in [0.05, 0.1) is 4.90 Å². The minimum Gasteiger partial charge on any atom is -0.331 e. The summed E-state index contributed by atoms with van der Waals surface area (Å²) in [7, 11) is -3.53. The van der Waals surface area contributed by atoms with E-state index < -0.39 is 10.0 Å². The molecule has 2 fully saturated rings. The topological polar surface area (TPSA) is 78.5 Å². The molecule has 24 heavy (non-hydrogen) atoms. The van der Waals surface area contributed by atoms with E-state index in [1.807, 2.05) is 4.90 Å². The smallest absolute Gasteiger partial charge is 0.254 e. The second-order valence-corrected chi connectivity index (χ2v) is 8.60. The van der Waals surface area contributed by atoms with Crippen molar-refractivity contribution >= 4 is 15.9 Å². The van der Waals surface area contributed by atoms with Crippen LogP contribution in [0.25, 0.3) is 0 Å². The van der Waals surface area contributed by atoms with Crippen molar-refractivity contribution in [1.29, 1.82) is 0 Å². The Balaban J connectivity index is 1.79. The summed E-state index contributed by atoms with van der Waals surface area (Å²) in [4.78, 5) is 15.1. The van der Waals surface area contributed by atoms with Gasteiger partial charge in [0.25, 0.3) is 5.91 Å². The molecule has 2 bridgehead atoms. The molecule has 132 valence electrons. The first-order chi connectivity index (χ1) is 11.4. The third-order valence-electron chi connectivity index (χ3n) is 4.69. The van der Waals surface area contributed by atoms with Gasteiger partial charge in [0, 0.05) is 30.2 Å². The zero-order valence-corrected chi connectivity index (χ0v) is 15.0. The van der Waals surface area contributed by atoms with Crippen molar-refractivity contribution in [1.82, 2.24) is 14.9 Å². The number of fused-ring (bicyclic) bond motifs is 2. The van der Waals surface area contributed by atoms with Crippen LogP contribution in [0, 0.1) is 0 Å². The van der Waals surface area contributed by atoms with E-state index in [1.165, 1.54) is 12.1 Å². The van der Waals surface area contributed by atoms with Crippen LogP contribution in [-0.2, 0) is 10.0 Å². The number of rotatable bonds is 4. The summed E-state index contributed by atoms with van der Waals surface area (Å²) < 4.78 is 26.9. The third kappa shape index (κ3) is 3.48. The standard InChI is InChI=1S/C17H25N3O3S/c1-12(2)19-24(22,23)16-7-3-13(4-8-16)17(21)20-14-5-6-15(20)11-18-10-9-14/h3-4,7-8,12,14-15,18-19H,5-6,9-11H2,1-2H3. The third-order valence-corrected chi connectivity index (χ3v) is 6.37. The first-order valence-electron chi connectivity index (χ1n) is 8.54. The maximum absolute atomic E-state index is 12.9. The largest absolute Gasteiger partial charge is 0.331 e. The lowest BCUT2D eigenvalue weighted by Crippen LogP contribution is -2.42. The van der Waals surface area contributed by atoms with Crippen LogP contribution in [-0.4, -0.2) is 50.4 Å². The molecule has 1 aromatic carbocycles. The average Bonchev–Trinajstić information content (AvgIpc) is 2.78. The lowest BCUT2D eigenvalue weighted by Gasteiger charge is -2.28. The molecule has 6 nitrogen and oxygen atoms in total. The summed E-state index contributed by atoms with van der Waals surface area (Å²) in [6.07, 6.45) is 3.07. The first kappa shape index (κ1) is 17.4. The van der Waals surface area contributed by atoms with Crippen molar-refractivity contribution in [2.24, 2.45) is 0 Å². The van der Waals surface area contributed by atoms with E-state index in [2.05, 4.69) is 10.0 Å². The Kier molecular flexibility index (Phi) is 4.94. The molecule has 2 saturated heterocycles. The molecule has 7 heteroatoms. The highest BCUT2D eigenvalue weighted by Crippen LogP contribution is 2.29. The molecule has 2 unspecified atom stereocenters. The van der Waals surface area contributed by atoms with Gasteiger partial charge >= 0.3 is 0 Å². The van der Waals surface area contributed by atoms with Crippen molar-refractivity contribution in [2.75, 3.05) is 13.1 Å². The highest BCUT2D eigenvalue weighted by atomic mass is 32.2. The number of nitrogens with one attached hydrogen (secondary N) is 2. The SMILES string of the molecule is CC(C)NS(=O)(=O)c1ccc(C(=O)N2C3CCNCC2CC3)cc1. The van der Waals surface area contributed by atoms with Gasteiger partial charge in [-0.1, -0.05) is 0 Å². The normalized spacial score (nSPS) is 24.2. The molecule has 0 aliphatic carbocycles. The number of hydrogen-bond acceptors (Lipinski definition) is 4. The van der Waals surface area contributed by atoms with E-state index in [9.17, 15) is 13.2 Å². The van der Waals surface area contributed by atoms with Crippen LogP contribution in [0.3, 0.4) is 0 Å². The predicted molar refractivity (Wildman–Crippen MR) is 92.4 cm³/mol. The molecular weight excluding hydrogens is 326 g/mol. The van der Waals surface area contributed by atoms with Crippen molar-refractivity contribution in [2.45, 2.75) is 56.1 Å². The number of carbonyl (C=O) groups excluding carboxylic acids is 1. The zero-order chi connectivity index (χ0) is 17.3. The zero-order valence-electron chi connectivity index (χ0n) is 14.2. The van der Waals surface area contributed by atoms with Gasteiger partial charge in [0.2, 0.25) is 10.0 Å². The first-order valence-corrected chi connectivity index (χ1v) is 10.0. The molecule has 1 amide bonds. The fourth-order valence-corrected chi connectivity index (χ4v) is 4.87. The number of nitrogens with zero attached hydrogens (tertiary/aromatic N) is 1. The molecule has 0 radical (unpaired) electrons. The maximum Gasteiger partial charge on any atom is 0.254 e. The van der Waals surface area contributed by atoms with E-state index >= 15 is 0 Å². The highest BCUT2D eigenvalue weighted by Gasteiger charge is 2.38. The molecule has 2 aliphatic rings. The number of hydrogen-bond donors (Lipinski definition) is 2. The quantitative estimate of drug-likeness (QED) is 0.858. The maximum atomic E-state index is 12.9. The summed E-state index contributed by atoms with van der Waals surface area (Å²) in [5.41, 5.74) is 0.553. The minimum atomic E-state index is -3.53. The second-order valence-electron chi connectivity index (χ2n) is 6.89. The molecule has 0 spiro atoms. The van der Waals surface area contributed by atoms with Gasteiger partial charge in [-0.3, -0.25) is 4.79 Å². The van der Waals surface area contributed by atoms with Gasteiger partial charge in [-0.15, -0.1) is 0 Å². The van der Waals surface area contributed by atoms with Crippen LogP contribution in [0.1, 0.15) is 43.5 Å². The van der Waals surface area contributed by atoms with Crippen LogP contribution in [0.5, 0.6) is 0 Å². The molecule has 1 aromatic rings. The Morgan fingerprint density at radius 2 is 1.83 bits per heavy atom. The number of benzene rings is 1. The van der Waals surface area contributed by atoms with Gasteiger partial charge < -0.3 is 10.2 Å². The summed E-state index contributed by atoms with van der Waals surface area (Å²) in [6, 6.07) is 6.63. The minimum absolute atomic E-state index is 0.00645. The monoisotopic (exact) mass is 351 g/mol. The average molecular weight is 351 g/mol. The number of carbonyl (C=O) groups is 1. The van der Waals surface area contributed by atoms with Gasteiger partial charge in [0.15, 0.2) is 0 Å². The molecule has 2 atom stereocenters. The molecule has 2 heterocycles. The predicted octanol–water partition coefficient (Wildman–Crippen LogP) is 1.34. The molecule has 2 aliphatic heterocycles. The second kappa shape index (κ2) is 6.82. The van der Waals surface area contributed by atoms with Gasteiger partial charge in [-0.2, -0.15) is 0 Å². The van der Waals surface area contributed by atoms with Crippen molar-refractivity contribution in [3.05, 3.63) is 29.8 Å². The van der Waals surface area contributed by atoms with E-state index in [-0.39, 0.29) is 22.9 Å². The fourth-order valence-electron chi connectivity index (χ4n) is 3.62. The lowest BCUT2D eigenvalue weighted by molar-refractivity contribution is 0.0680. The highest BCUT2D eigenvalue weighted by molar-refractivity contribution is 7.89. The van der Waals surface area contributed by atoms with E-state index in [4.69, 9.17) is 0 Å². The van der Waals surface area contributed by atoms with Crippen LogP contribution >= 0.6 is 0 Å². The Hall–Kier alpha value is -1.44. The van der Waals surface area contributed by atoms with Gasteiger partial charge in [0.1, 0.15) is 0 Å². The summed E-state index contributed by atoms with van der Waals surface area (Å²) in [5, 5.41) is 3.38. The number of amides is 1. The number of sulfonamides is 1. The van der Waals surface area contributed by atoms with Crippen molar-refractivity contribution in [3.63, 3.8) is 0 Å². The van der Waals surface area contributed by atoms with Crippen LogP contribution in [0.4, 0.5) is 0 Å². The summed E-state index contributed by atoms with van der Waals surface area (Å²) >= 11 is 0. The molecular formula is C17H25N3O3S. The Bertz CT molecular complexity index is 686. The van der Waals surface area contributed by atoms with Crippen LogP contribution in [0.15, 0.2) is 29.2 Å². The van der Waals surface area contributed by atoms with Crippen molar-refractivity contribution in [3.8, 4) is 0 Å². The van der Waals surface area contributed by atoms with E-state index in [1.54, 1.807) is 26.0 Å². The van der Waals surface area contributed by atoms with Crippen molar-refractivity contribution < 1.29 is 13.2 Å².